The molecule has 0 aromatic carbocycles. The van der Waals surface area contributed by atoms with Crippen molar-refractivity contribution >= 4 is 45.0 Å². The van der Waals surface area contributed by atoms with E-state index in [1.54, 1.807) is 21.5 Å². The molecule has 2 aliphatic rings. The zero-order valence-electron chi connectivity index (χ0n) is 15.1. The predicted molar refractivity (Wildman–Crippen MR) is 107 cm³/mol. The monoisotopic (exact) mass is 434 g/mol. The smallest absolute Gasteiger partial charge is 0.222 e. The number of aromatic nitrogens is 1. The van der Waals surface area contributed by atoms with E-state index in [4.69, 9.17) is 23.2 Å². The number of amides is 1. The number of piperazine rings is 1. The summed E-state index contributed by atoms with van der Waals surface area (Å²) in [6, 6.07) is 1.66. The second kappa shape index (κ2) is 8.94. The highest BCUT2D eigenvalue weighted by atomic mass is 35.5. The van der Waals surface area contributed by atoms with E-state index in [9.17, 15) is 13.2 Å². The van der Waals surface area contributed by atoms with Crippen LogP contribution in [0.3, 0.4) is 0 Å². The molecule has 0 N–H and O–H groups in total. The summed E-state index contributed by atoms with van der Waals surface area (Å²) in [5, 5.41) is 0.982. The number of sulfonamides is 1. The maximum absolute atomic E-state index is 12.4. The predicted octanol–water partition coefficient (Wildman–Crippen LogP) is 2.24. The molecule has 3 heterocycles. The number of carbonyl (C=O) groups is 1. The first kappa shape index (κ1) is 20.6. The van der Waals surface area contributed by atoms with Gasteiger partial charge in [-0.2, -0.15) is 0 Å². The fourth-order valence-corrected chi connectivity index (χ4v) is 5.55. The molecule has 10 heteroatoms. The van der Waals surface area contributed by atoms with Crippen LogP contribution in [0.1, 0.15) is 25.7 Å². The molecule has 0 bridgehead atoms. The minimum Gasteiger partial charge on any atom is -0.352 e. The van der Waals surface area contributed by atoms with Crippen LogP contribution < -0.4 is 4.90 Å². The maximum Gasteiger partial charge on any atom is 0.222 e. The van der Waals surface area contributed by atoms with Gasteiger partial charge >= 0.3 is 0 Å². The standard InChI is InChI=1S/C17H24Cl2N4O3S/c18-14-12-15(19)17(20-13-14)22-9-7-21(8-10-22)16(24)4-3-11-27(25,26)23-5-1-2-6-23/h12-13H,1-11H2. The van der Waals surface area contributed by atoms with E-state index in [1.165, 1.54) is 0 Å². The molecule has 1 aromatic heterocycles. The Morgan fingerprint density at radius 3 is 2.37 bits per heavy atom. The minimum absolute atomic E-state index is 0.00133. The number of halogens is 2. The van der Waals surface area contributed by atoms with Crippen LogP contribution in [-0.2, 0) is 14.8 Å². The van der Waals surface area contributed by atoms with Crippen molar-refractivity contribution in [2.75, 3.05) is 49.9 Å². The molecular formula is C17H24Cl2N4O3S. The molecule has 2 fully saturated rings. The van der Waals surface area contributed by atoms with E-state index >= 15 is 0 Å². The molecule has 0 aliphatic carbocycles. The van der Waals surface area contributed by atoms with Gasteiger partial charge in [0, 0.05) is 51.9 Å². The Morgan fingerprint density at radius 1 is 1.07 bits per heavy atom. The average Bonchev–Trinajstić information content (AvgIpc) is 3.17. The van der Waals surface area contributed by atoms with Crippen molar-refractivity contribution < 1.29 is 13.2 Å². The van der Waals surface area contributed by atoms with Gasteiger partial charge < -0.3 is 9.80 Å². The number of anilines is 1. The number of hydrogen-bond donors (Lipinski definition) is 0. The molecule has 27 heavy (non-hydrogen) atoms. The number of pyridine rings is 1. The van der Waals surface area contributed by atoms with Gasteiger partial charge in [0.2, 0.25) is 15.9 Å². The van der Waals surface area contributed by atoms with Gasteiger partial charge in [-0.05, 0) is 25.3 Å². The van der Waals surface area contributed by atoms with Gasteiger partial charge in [0.25, 0.3) is 0 Å². The molecule has 0 radical (unpaired) electrons. The van der Waals surface area contributed by atoms with Crippen molar-refractivity contribution in [3.8, 4) is 0 Å². The van der Waals surface area contributed by atoms with Crippen LogP contribution in [0.5, 0.6) is 0 Å². The molecule has 0 atom stereocenters. The Hall–Kier alpha value is -1.09. The second-order valence-corrected chi connectivity index (χ2v) is 9.78. The molecule has 0 unspecified atom stereocenters. The van der Waals surface area contributed by atoms with Gasteiger partial charge in [-0.1, -0.05) is 23.2 Å². The fourth-order valence-electron chi connectivity index (χ4n) is 3.47. The van der Waals surface area contributed by atoms with Gasteiger partial charge in [0.1, 0.15) is 5.82 Å². The van der Waals surface area contributed by atoms with Crippen LogP contribution in [0.4, 0.5) is 5.82 Å². The first-order valence-electron chi connectivity index (χ1n) is 9.18. The molecule has 7 nitrogen and oxygen atoms in total. The zero-order chi connectivity index (χ0) is 19.4. The van der Waals surface area contributed by atoms with Crippen LogP contribution >= 0.6 is 23.2 Å². The van der Waals surface area contributed by atoms with Crippen LogP contribution in [0.25, 0.3) is 0 Å². The third-order valence-electron chi connectivity index (χ3n) is 4.97. The highest BCUT2D eigenvalue weighted by Gasteiger charge is 2.26. The SMILES string of the molecule is O=C(CCCS(=O)(=O)N1CCCC1)N1CCN(c2ncc(Cl)cc2Cl)CC1. The first-order valence-corrected chi connectivity index (χ1v) is 11.5. The molecule has 0 saturated carbocycles. The van der Waals surface area contributed by atoms with Crippen molar-refractivity contribution in [2.24, 2.45) is 0 Å². The topological polar surface area (TPSA) is 73.8 Å². The van der Waals surface area contributed by atoms with E-state index in [0.717, 1.165) is 12.8 Å². The lowest BCUT2D eigenvalue weighted by molar-refractivity contribution is -0.131. The Labute approximate surface area is 170 Å². The highest BCUT2D eigenvalue weighted by Crippen LogP contribution is 2.26. The molecule has 3 rings (SSSR count). The van der Waals surface area contributed by atoms with Gasteiger partial charge in [0.15, 0.2) is 0 Å². The Kier molecular flexibility index (Phi) is 6.83. The lowest BCUT2D eigenvalue weighted by Gasteiger charge is -2.35. The molecule has 0 spiro atoms. The summed E-state index contributed by atoms with van der Waals surface area (Å²) in [4.78, 5) is 20.5. The Bertz CT molecular complexity index is 776. The quantitative estimate of drug-likeness (QED) is 0.686. The maximum atomic E-state index is 12.4. The van der Waals surface area contributed by atoms with Gasteiger partial charge in [-0.25, -0.2) is 17.7 Å². The van der Waals surface area contributed by atoms with E-state index in [-0.39, 0.29) is 18.1 Å². The van der Waals surface area contributed by atoms with Gasteiger partial charge in [-0.3, -0.25) is 4.79 Å². The number of carbonyl (C=O) groups excluding carboxylic acids is 1. The van der Waals surface area contributed by atoms with Crippen molar-refractivity contribution in [3.63, 3.8) is 0 Å². The first-order chi connectivity index (χ1) is 12.9. The van der Waals surface area contributed by atoms with Crippen LogP contribution in [-0.4, -0.2) is 73.5 Å². The summed E-state index contributed by atoms with van der Waals surface area (Å²) in [5.41, 5.74) is 0. The van der Waals surface area contributed by atoms with E-state index in [0.29, 0.717) is 61.6 Å². The van der Waals surface area contributed by atoms with Crippen molar-refractivity contribution in [1.82, 2.24) is 14.2 Å². The van der Waals surface area contributed by atoms with Crippen LogP contribution in [0.15, 0.2) is 12.3 Å². The lowest BCUT2D eigenvalue weighted by atomic mass is 10.2. The number of hydrogen-bond acceptors (Lipinski definition) is 5. The van der Waals surface area contributed by atoms with Crippen molar-refractivity contribution in [2.45, 2.75) is 25.7 Å². The Balaban J connectivity index is 1.44. The average molecular weight is 435 g/mol. The summed E-state index contributed by atoms with van der Waals surface area (Å²) < 4.78 is 26.0. The second-order valence-electron chi connectivity index (χ2n) is 6.85. The molecule has 2 saturated heterocycles. The van der Waals surface area contributed by atoms with Gasteiger partial charge in [-0.15, -0.1) is 0 Å². The number of rotatable bonds is 6. The molecule has 1 aromatic rings. The summed E-state index contributed by atoms with van der Waals surface area (Å²) >= 11 is 12.1. The summed E-state index contributed by atoms with van der Waals surface area (Å²) in [7, 11) is -3.22. The molecule has 1 amide bonds. The lowest BCUT2D eigenvalue weighted by Crippen LogP contribution is -2.49. The molecule has 2 aliphatic heterocycles. The largest absolute Gasteiger partial charge is 0.352 e. The third-order valence-corrected chi connectivity index (χ3v) is 7.41. The minimum atomic E-state index is -3.22. The third kappa shape index (κ3) is 5.25. The highest BCUT2D eigenvalue weighted by molar-refractivity contribution is 7.89. The van der Waals surface area contributed by atoms with Gasteiger partial charge in [0.05, 0.1) is 15.8 Å². The zero-order valence-corrected chi connectivity index (χ0v) is 17.4. The summed E-state index contributed by atoms with van der Waals surface area (Å²) in [6.45, 7) is 3.62. The summed E-state index contributed by atoms with van der Waals surface area (Å²) in [6.07, 6.45) is 4.03. The van der Waals surface area contributed by atoms with Crippen LogP contribution in [0, 0.1) is 0 Å². The van der Waals surface area contributed by atoms with E-state index in [2.05, 4.69) is 4.98 Å². The number of nitrogens with zero attached hydrogens (tertiary/aromatic N) is 4. The fraction of sp³-hybridized carbons (Fsp3) is 0.647. The van der Waals surface area contributed by atoms with E-state index in [1.807, 2.05) is 4.90 Å². The molecular weight excluding hydrogens is 411 g/mol. The van der Waals surface area contributed by atoms with Crippen LogP contribution in [0.2, 0.25) is 10.0 Å². The summed E-state index contributed by atoms with van der Waals surface area (Å²) in [5.74, 6) is 0.717. The van der Waals surface area contributed by atoms with E-state index < -0.39 is 10.0 Å². The van der Waals surface area contributed by atoms with Crippen molar-refractivity contribution in [3.05, 3.63) is 22.3 Å². The molecule has 150 valence electrons. The van der Waals surface area contributed by atoms with Crippen molar-refractivity contribution in [1.29, 1.82) is 0 Å². The Morgan fingerprint density at radius 2 is 1.74 bits per heavy atom. The normalized spacial score (nSPS) is 18.9.